The van der Waals surface area contributed by atoms with Crippen molar-refractivity contribution < 1.29 is 38.3 Å². The van der Waals surface area contributed by atoms with Crippen molar-refractivity contribution in [3.05, 3.63) is 42.0 Å². The minimum absolute atomic E-state index is 0.0491. The highest BCUT2D eigenvalue weighted by Gasteiger charge is 2.29. The summed E-state index contributed by atoms with van der Waals surface area (Å²) in [5, 5.41) is 13.3. The number of carbonyl (C=O) groups is 7. The summed E-state index contributed by atoms with van der Waals surface area (Å²) in [6.45, 7) is 4.55. The van der Waals surface area contributed by atoms with Gasteiger partial charge in [-0.2, -0.15) is 0 Å². The number of benzene rings is 1. The third kappa shape index (κ3) is 14.8. The zero-order valence-electron chi connectivity index (χ0n) is 26.6. The molecule has 0 radical (unpaired) electrons. The highest BCUT2D eigenvalue weighted by molar-refractivity contribution is 14.1. The first-order chi connectivity index (χ1) is 22.4. The number of nitrogens with two attached hydrogens (primary N) is 1. The number of hydrogen-bond donors (Lipinski definition) is 6. The van der Waals surface area contributed by atoms with Crippen LogP contribution in [0.15, 0.2) is 36.4 Å². The molecule has 16 heteroatoms. The number of urea groups is 1. The van der Waals surface area contributed by atoms with Crippen LogP contribution in [0, 0.1) is 5.92 Å². The Labute approximate surface area is 287 Å². The van der Waals surface area contributed by atoms with Crippen molar-refractivity contribution in [3.8, 4) is 0 Å². The molecule has 7 N–H and O–H groups in total. The Bertz CT molecular complexity index is 1270. The summed E-state index contributed by atoms with van der Waals surface area (Å²) in [4.78, 5) is 86.5. The molecule has 1 aromatic carbocycles. The van der Waals surface area contributed by atoms with Gasteiger partial charge in [0.25, 0.3) is 11.8 Å². The third-order valence-electron chi connectivity index (χ3n) is 7.01. The molecule has 8 amide bonds. The number of primary amides is 1. The predicted octanol–water partition coefficient (Wildman–Crippen LogP) is 1.85. The summed E-state index contributed by atoms with van der Waals surface area (Å²) in [5.41, 5.74) is 6.29. The number of halogens is 1. The molecule has 0 spiro atoms. The maximum absolute atomic E-state index is 13.3. The number of ether oxygens (including phenoxy) is 1. The molecule has 1 aliphatic heterocycles. The second kappa shape index (κ2) is 20.8. The average molecular weight is 770 g/mol. The van der Waals surface area contributed by atoms with Crippen LogP contribution in [-0.2, 0) is 35.3 Å². The van der Waals surface area contributed by atoms with Crippen LogP contribution in [0.25, 0.3) is 0 Å². The number of rotatable bonds is 20. The van der Waals surface area contributed by atoms with E-state index >= 15 is 0 Å². The van der Waals surface area contributed by atoms with E-state index in [4.69, 9.17) is 10.5 Å². The number of amides is 8. The number of imide groups is 1. The molecule has 0 aromatic heterocycles. The Hall–Kier alpha value is -4.22. The molecule has 2 atom stereocenters. The van der Waals surface area contributed by atoms with Gasteiger partial charge < -0.3 is 37.1 Å². The molecule has 2 rings (SSSR count). The molecule has 47 heavy (non-hydrogen) atoms. The SMILES string of the molecule is CC(C)[C@H](NC(=O)CCCCCN1C(=O)C=CC1=O)C(=O)N[C@@H](CCCNC(N)=O)C(=O)Nc1ccc(COC(=O)NCCI)cc1. The molecular weight excluding hydrogens is 725 g/mol. The van der Waals surface area contributed by atoms with Crippen molar-refractivity contribution in [3.63, 3.8) is 0 Å². The highest BCUT2D eigenvalue weighted by atomic mass is 127. The van der Waals surface area contributed by atoms with Crippen molar-refractivity contribution in [1.82, 2.24) is 26.2 Å². The molecule has 0 fully saturated rings. The van der Waals surface area contributed by atoms with Gasteiger partial charge in [-0.05, 0) is 49.3 Å². The quantitative estimate of drug-likeness (QED) is 0.0497. The summed E-state index contributed by atoms with van der Waals surface area (Å²) in [7, 11) is 0. The molecule has 0 saturated carbocycles. The van der Waals surface area contributed by atoms with Gasteiger partial charge >= 0.3 is 12.1 Å². The molecule has 0 aliphatic carbocycles. The Morgan fingerprint density at radius 1 is 0.872 bits per heavy atom. The number of carbonyl (C=O) groups excluding carboxylic acids is 7. The lowest BCUT2D eigenvalue weighted by Crippen LogP contribution is -2.54. The topological polar surface area (TPSA) is 218 Å². The lowest BCUT2D eigenvalue weighted by atomic mass is 10.0. The summed E-state index contributed by atoms with van der Waals surface area (Å²) in [6.07, 6.45) is 4.23. The molecular formula is C31H44IN7O8. The van der Waals surface area contributed by atoms with Gasteiger partial charge in [-0.1, -0.05) is 55.0 Å². The maximum Gasteiger partial charge on any atom is 0.407 e. The number of nitrogens with zero attached hydrogens (tertiary/aromatic N) is 1. The van der Waals surface area contributed by atoms with Crippen molar-refractivity contribution in [2.75, 3.05) is 29.4 Å². The van der Waals surface area contributed by atoms with E-state index < -0.39 is 36.0 Å². The summed E-state index contributed by atoms with van der Waals surface area (Å²) in [6, 6.07) is 4.05. The zero-order chi connectivity index (χ0) is 34.8. The van der Waals surface area contributed by atoms with E-state index in [1.165, 1.54) is 12.2 Å². The fourth-order valence-electron chi connectivity index (χ4n) is 4.48. The van der Waals surface area contributed by atoms with Crippen LogP contribution < -0.4 is 32.3 Å². The lowest BCUT2D eigenvalue weighted by Gasteiger charge is -2.25. The Kier molecular flexibility index (Phi) is 17.3. The van der Waals surface area contributed by atoms with E-state index in [0.717, 1.165) is 9.33 Å². The fraction of sp³-hybridized carbons (Fsp3) is 0.516. The molecule has 1 aromatic rings. The van der Waals surface area contributed by atoms with Crippen LogP contribution in [-0.4, -0.2) is 82.7 Å². The lowest BCUT2D eigenvalue weighted by molar-refractivity contribution is -0.137. The fourth-order valence-corrected chi connectivity index (χ4v) is 4.75. The van der Waals surface area contributed by atoms with Gasteiger partial charge in [0, 0.05) is 48.3 Å². The third-order valence-corrected chi connectivity index (χ3v) is 7.55. The van der Waals surface area contributed by atoms with Gasteiger partial charge in [-0.25, -0.2) is 9.59 Å². The van der Waals surface area contributed by atoms with E-state index in [1.807, 2.05) is 0 Å². The smallest absolute Gasteiger partial charge is 0.407 e. The minimum atomic E-state index is -0.995. The van der Waals surface area contributed by atoms with Gasteiger partial charge in [0.2, 0.25) is 17.7 Å². The second-order valence-corrected chi connectivity index (χ2v) is 12.2. The van der Waals surface area contributed by atoms with Crippen LogP contribution in [0.4, 0.5) is 15.3 Å². The molecule has 1 aliphatic rings. The number of anilines is 1. The Morgan fingerprint density at radius 2 is 1.55 bits per heavy atom. The molecule has 258 valence electrons. The van der Waals surface area contributed by atoms with Crippen LogP contribution in [0.1, 0.15) is 57.9 Å². The monoisotopic (exact) mass is 769 g/mol. The van der Waals surface area contributed by atoms with Crippen molar-refractivity contribution >= 4 is 69.9 Å². The normalized spacial score (nSPS) is 13.6. The number of nitrogens with one attached hydrogen (secondary N) is 5. The van der Waals surface area contributed by atoms with Gasteiger partial charge in [0.05, 0.1) is 0 Å². The number of unbranched alkanes of at least 4 members (excludes halogenated alkanes) is 2. The van der Waals surface area contributed by atoms with Crippen LogP contribution >= 0.6 is 22.6 Å². The van der Waals surface area contributed by atoms with Crippen molar-refractivity contribution in [1.29, 1.82) is 0 Å². The minimum Gasteiger partial charge on any atom is -0.445 e. The zero-order valence-corrected chi connectivity index (χ0v) is 28.8. The average Bonchev–Trinajstić information content (AvgIpc) is 3.35. The first-order valence-corrected chi connectivity index (χ1v) is 17.0. The van der Waals surface area contributed by atoms with E-state index in [1.54, 1.807) is 38.1 Å². The van der Waals surface area contributed by atoms with Gasteiger partial charge in [-0.3, -0.25) is 28.9 Å². The number of hydrogen-bond acceptors (Lipinski definition) is 8. The number of alkyl carbamates (subject to hydrolysis) is 1. The van der Waals surface area contributed by atoms with E-state index in [2.05, 4.69) is 49.2 Å². The van der Waals surface area contributed by atoms with Gasteiger partial charge in [0.15, 0.2) is 0 Å². The van der Waals surface area contributed by atoms with E-state index in [-0.39, 0.29) is 56.2 Å². The van der Waals surface area contributed by atoms with Crippen molar-refractivity contribution in [2.45, 2.75) is 71.1 Å². The second-order valence-electron chi connectivity index (χ2n) is 11.1. The van der Waals surface area contributed by atoms with Gasteiger partial charge in [-0.15, -0.1) is 0 Å². The predicted molar refractivity (Wildman–Crippen MR) is 182 cm³/mol. The first-order valence-electron chi connectivity index (χ1n) is 15.4. The van der Waals surface area contributed by atoms with Crippen molar-refractivity contribution in [2.24, 2.45) is 11.7 Å². The van der Waals surface area contributed by atoms with Crippen LogP contribution in [0.2, 0.25) is 0 Å². The molecule has 0 unspecified atom stereocenters. The van der Waals surface area contributed by atoms with Gasteiger partial charge in [0.1, 0.15) is 18.7 Å². The Balaban J connectivity index is 1.93. The Morgan fingerprint density at radius 3 is 2.17 bits per heavy atom. The number of alkyl halides is 1. The molecule has 0 bridgehead atoms. The largest absolute Gasteiger partial charge is 0.445 e. The van der Waals surface area contributed by atoms with Crippen LogP contribution in [0.3, 0.4) is 0 Å². The molecule has 15 nitrogen and oxygen atoms in total. The molecule has 1 heterocycles. The summed E-state index contributed by atoms with van der Waals surface area (Å²) < 4.78 is 5.91. The van der Waals surface area contributed by atoms with Crippen LogP contribution in [0.5, 0.6) is 0 Å². The summed E-state index contributed by atoms with van der Waals surface area (Å²) >= 11 is 2.13. The standard InChI is InChI=1S/C31H44IN7O8/c1-20(2)27(38-24(40)8-4-3-5-18-39-25(41)13-14-26(39)42)29(44)37-23(7-6-16-34-30(33)45)28(43)36-22-11-9-21(10-12-22)19-47-31(46)35-17-15-32/h9-14,20,23,27H,3-8,15-19H2,1-2H3,(H,35,46)(H,36,43)(H,37,44)(H,38,40)(H3,33,34,45)/t23-,27-/m0/s1. The highest BCUT2D eigenvalue weighted by Crippen LogP contribution is 2.13. The molecule has 0 saturated heterocycles. The first kappa shape index (κ1) is 39.0. The summed E-state index contributed by atoms with van der Waals surface area (Å²) in [5.74, 6) is -2.36. The van der Waals surface area contributed by atoms with E-state index in [9.17, 15) is 33.6 Å². The van der Waals surface area contributed by atoms with E-state index in [0.29, 0.717) is 43.5 Å². The maximum atomic E-state index is 13.3.